The van der Waals surface area contributed by atoms with E-state index in [1.807, 2.05) is 13.8 Å². The molecule has 3 N–H and O–H groups in total. The molecule has 0 aliphatic carbocycles. The summed E-state index contributed by atoms with van der Waals surface area (Å²) in [6.07, 6.45) is 0. The van der Waals surface area contributed by atoms with Gasteiger partial charge in [-0.1, -0.05) is 0 Å². The zero-order chi connectivity index (χ0) is 14.7. The summed E-state index contributed by atoms with van der Waals surface area (Å²) in [6, 6.07) is 5.43. The lowest BCUT2D eigenvalue weighted by Gasteiger charge is -2.25. The zero-order valence-corrected chi connectivity index (χ0v) is 12.0. The van der Waals surface area contributed by atoms with Crippen molar-refractivity contribution in [2.24, 2.45) is 5.14 Å². The van der Waals surface area contributed by atoms with Gasteiger partial charge in [-0.2, -0.15) is 0 Å². The number of hydrogen-bond donors (Lipinski definition) is 2. The second kappa shape index (κ2) is 5.68. The van der Waals surface area contributed by atoms with Gasteiger partial charge in [-0.3, -0.25) is 4.79 Å². The Bertz CT molecular complexity index is 550. The second-order valence-electron chi connectivity index (χ2n) is 4.84. The molecule has 1 aromatic carbocycles. The molecule has 0 bridgehead atoms. The molecule has 0 aliphatic heterocycles. The highest BCUT2D eigenvalue weighted by atomic mass is 32.2. The molecule has 0 saturated heterocycles. The Morgan fingerprint density at radius 1 is 1.32 bits per heavy atom. The van der Waals surface area contributed by atoms with Crippen LogP contribution in [-0.4, -0.2) is 33.6 Å². The van der Waals surface area contributed by atoms with Crippen LogP contribution in [0.4, 0.5) is 0 Å². The Morgan fingerprint density at radius 2 is 1.84 bits per heavy atom. The van der Waals surface area contributed by atoms with Crippen molar-refractivity contribution in [1.82, 2.24) is 5.32 Å². The first-order valence-corrected chi connectivity index (χ1v) is 7.15. The summed E-state index contributed by atoms with van der Waals surface area (Å²) in [5.74, 6) is -0.303. The van der Waals surface area contributed by atoms with E-state index in [1.165, 1.54) is 24.3 Å². The van der Waals surface area contributed by atoms with Gasteiger partial charge in [0.2, 0.25) is 10.0 Å². The summed E-state index contributed by atoms with van der Waals surface area (Å²) in [5, 5.41) is 7.77. The van der Waals surface area contributed by atoms with Gasteiger partial charge in [-0.25, -0.2) is 13.6 Å². The van der Waals surface area contributed by atoms with Crippen LogP contribution >= 0.6 is 0 Å². The van der Waals surface area contributed by atoms with Crippen molar-refractivity contribution >= 4 is 15.9 Å². The summed E-state index contributed by atoms with van der Waals surface area (Å²) >= 11 is 0. The molecule has 0 spiro atoms. The monoisotopic (exact) mass is 286 g/mol. The average Bonchev–Trinajstić information content (AvgIpc) is 2.27. The van der Waals surface area contributed by atoms with Gasteiger partial charge in [0.25, 0.3) is 5.91 Å². The van der Waals surface area contributed by atoms with Gasteiger partial charge in [-0.15, -0.1) is 0 Å². The molecule has 106 valence electrons. The summed E-state index contributed by atoms with van der Waals surface area (Å²) in [7, 11) is -2.19. The second-order valence-corrected chi connectivity index (χ2v) is 6.40. The number of carbonyl (C=O) groups excluding carboxylic acids is 1. The summed E-state index contributed by atoms with van der Waals surface area (Å²) in [5.41, 5.74) is -0.152. The fourth-order valence-corrected chi connectivity index (χ4v) is 2.09. The van der Waals surface area contributed by atoms with Crippen molar-refractivity contribution in [3.05, 3.63) is 29.8 Å². The highest BCUT2D eigenvalue weighted by Gasteiger charge is 2.21. The summed E-state index contributed by atoms with van der Waals surface area (Å²) in [6.45, 7) is 4.02. The van der Waals surface area contributed by atoms with Crippen LogP contribution in [-0.2, 0) is 14.8 Å². The smallest absolute Gasteiger partial charge is 0.251 e. The van der Waals surface area contributed by atoms with E-state index in [0.29, 0.717) is 12.2 Å². The van der Waals surface area contributed by atoms with Crippen LogP contribution in [0.5, 0.6) is 0 Å². The van der Waals surface area contributed by atoms with Gasteiger partial charge in [0, 0.05) is 12.7 Å². The van der Waals surface area contributed by atoms with Crippen molar-refractivity contribution in [3.8, 4) is 0 Å². The maximum Gasteiger partial charge on any atom is 0.251 e. The van der Waals surface area contributed by atoms with Gasteiger partial charge < -0.3 is 10.1 Å². The number of primary sulfonamides is 1. The molecular weight excluding hydrogens is 268 g/mol. The number of sulfonamides is 1. The first-order valence-electron chi connectivity index (χ1n) is 5.60. The van der Waals surface area contributed by atoms with E-state index in [-0.39, 0.29) is 10.8 Å². The summed E-state index contributed by atoms with van der Waals surface area (Å²) in [4.78, 5) is 11.9. The maximum atomic E-state index is 11.9. The van der Waals surface area contributed by atoms with Crippen LogP contribution in [0, 0.1) is 0 Å². The van der Waals surface area contributed by atoms with Gasteiger partial charge in [0.15, 0.2) is 0 Å². The van der Waals surface area contributed by atoms with E-state index in [4.69, 9.17) is 9.88 Å². The number of amides is 1. The first-order chi connectivity index (χ1) is 8.65. The standard InChI is InChI=1S/C12H18N2O4S/c1-12(2,8-18-3)14-11(15)9-4-6-10(7-5-9)19(13,16)17/h4-7H,8H2,1-3H3,(H,14,15)(H2,13,16,17). The highest BCUT2D eigenvalue weighted by molar-refractivity contribution is 7.89. The third-order valence-electron chi connectivity index (χ3n) is 2.40. The third kappa shape index (κ3) is 4.62. The number of nitrogens with one attached hydrogen (secondary N) is 1. The van der Waals surface area contributed by atoms with Crippen LogP contribution in [0.25, 0.3) is 0 Å². The molecule has 0 aromatic heterocycles. The number of methoxy groups -OCH3 is 1. The lowest BCUT2D eigenvalue weighted by Crippen LogP contribution is -2.46. The van der Waals surface area contributed by atoms with Gasteiger partial charge >= 0.3 is 0 Å². The molecule has 0 radical (unpaired) electrons. The largest absolute Gasteiger partial charge is 0.382 e. The van der Waals surface area contributed by atoms with Crippen LogP contribution in [0.2, 0.25) is 0 Å². The molecule has 1 rings (SSSR count). The minimum absolute atomic E-state index is 0.0276. The molecule has 0 heterocycles. The lowest BCUT2D eigenvalue weighted by molar-refractivity contribution is 0.0820. The van der Waals surface area contributed by atoms with Crippen molar-refractivity contribution in [2.45, 2.75) is 24.3 Å². The van der Waals surface area contributed by atoms with Crippen molar-refractivity contribution in [3.63, 3.8) is 0 Å². The van der Waals surface area contributed by atoms with Crippen molar-refractivity contribution < 1.29 is 17.9 Å². The lowest BCUT2D eigenvalue weighted by atomic mass is 10.1. The third-order valence-corrected chi connectivity index (χ3v) is 3.33. The van der Waals surface area contributed by atoms with Crippen molar-refractivity contribution in [1.29, 1.82) is 0 Å². The highest BCUT2D eigenvalue weighted by Crippen LogP contribution is 2.10. The topological polar surface area (TPSA) is 98.5 Å². The first kappa shape index (κ1) is 15.6. The molecule has 0 unspecified atom stereocenters. The van der Waals surface area contributed by atoms with Gasteiger partial charge in [0.05, 0.1) is 17.0 Å². The average molecular weight is 286 g/mol. The fraction of sp³-hybridized carbons (Fsp3) is 0.417. The normalized spacial score (nSPS) is 12.2. The van der Waals surface area contributed by atoms with E-state index in [0.717, 1.165) is 0 Å². The Hall–Kier alpha value is -1.44. The molecule has 0 aliphatic rings. The molecule has 0 atom stereocenters. The molecule has 7 heteroatoms. The van der Waals surface area contributed by atoms with Crippen LogP contribution < -0.4 is 10.5 Å². The predicted octanol–water partition coefficient (Wildman–Crippen LogP) is 0.489. The Balaban J connectivity index is 2.85. The minimum Gasteiger partial charge on any atom is -0.382 e. The van der Waals surface area contributed by atoms with E-state index in [9.17, 15) is 13.2 Å². The van der Waals surface area contributed by atoms with E-state index >= 15 is 0 Å². The Labute approximate surface area is 113 Å². The quantitative estimate of drug-likeness (QED) is 0.823. The van der Waals surface area contributed by atoms with Gasteiger partial charge in [0.1, 0.15) is 0 Å². The maximum absolute atomic E-state index is 11.9. The summed E-state index contributed by atoms with van der Waals surface area (Å²) < 4.78 is 27.2. The zero-order valence-electron chi connectivity index (χ0n) is 11.1. The number of ether oxygens (including phenoxy) is 1. The fourth-order valence-electron chi connectivity index (χ4n) is 1.57. The SMILES string of the molecule is COCC(C)(C)NC(=O)c1ccc(S(N)(=O)=O)cc1. The number of benzene rings is 1. The molecular formula is C12H18N2O4S. The molecule has 1 aromatic rings. The molecule has 0 fully saturated rings. The van der Waals surface area contributed by atoms with Gasteiger partial charge in [-0.05, 0) is 38.1 Å². The Kier molecular flexibility index (Phi) is 4.67. The number of carbonyl (C=O) groups is 1. The number of hydrogen-bond acceptors (Lipinski definition) is 4. The molecule has 0 saturated carbocycles. The molecule has 6 nitrogen and oxygen atoms in total. The predicted molar refractivity (Wildman–Crippen MR) is 71.2 cm³/mol. The van der Waals surface area contributed by atoms with E-state index < -0.39 is 15.6 Å². The van der Waals surface area contributed by atoms with Crippen molar-refractivity contribution in [2.75, 3.05) is 13.7 Å². The molecule has 19 heavy (non-hydrogen) atoms. The van der Waals surface area contributed by atoms with E-state index in [2.05, 4.69) is 5.32 Å². The van der Waals surface area contributed by atoms with Crippen LogP contribution in [0.1, 0.15) is 24.2 Å². The minimum atomic E-state index is -3.74. The Morgan fingerprint density at radius 3 is 2.26 bits per heavy atom. The molecule has 1 amide bonds. The van der Waals surface area contributed by atoms with Crippen LogP contribution in [0.3, 0.4) is 0 Å². The number of rotatable bonds is 5. The number of nitrogens with two attached hydrogens (primary N) is 1. The van der Waals surface area contributed by atoms with E-state index in [1.54, 1.807) is 7.11 Å². The van der Waals surface area contributed by atoms with Crippen LogP contribution in [0.15, 0.2) is 29.2 Å².